The van der Waals surface area contributed by atoms with E-state index >= 15 is 0 Å². The van der Waals surface area contributed by atoms with E-state index in [0.717, 1.165) is 26.1 Å². The lowest BCUT2D eigenvalue weighted by molar-refractivity contribution is -0.00305. The van der Waals surface area contributed by atoms with Crippen molar-refractivity contribution in [1.82, 2.24) is 15.1 Å². The molecule has 1 heterocycles. The molecule has 0 radical (unpaired) electrons. The minimum atomic E-state index is 0.0206. The van der Waals surface area contributed by atoms with Crippen LogP contribution in [-0.2, 0) is 4.74 Å². The molecule has 2 amide bonds. The Kier molecular flexibility index (Phi) is 6.92. The summed E-state index contributed by atoms with van der Waals surface area (Å²) in [5.41, 5.74) is 1.20. The molecule has 0 bridgehead atoms. The third-order valence-electron chi connectivity index (χ3n) is 5.77. The molecule has 3 unspecified atom stereocenters. The molecule has 5 nitrogen and oxygen atoms in total. The maximum absolute atomic E-state index is 12.7. The normalized spacial score (nSPS) is 27.3. The van der Waals surface area contributed by atoms with Gasteiger partial charge in [-0.15, -0.1) is 0 Å². The van der Waals surface area contributed by atoms with Crippen LogP contribution in [0, 0.1) is 5.92 Å². The second kappa shape index (κ2) is 9.38. The van der Waals surface area contributed by atoms with Crippen molar-refractivity contribution >= 4 is 6.03 Å². The molecule has 5 heteroatoms. The number of hydrogen-bond donors (Lipinski definition) is 1. The van der Waals surface area contributed by atoms with Gasteiger partial charge in [0.05, 0.1) is 18.8 Å². The van der Waals surface area contributed by atoms with Crippen LogP contribution < -0.4 is 5.32 Å². The number of urea groups is 1. The van der Waals surface area contributed by atoms with Gasteiger partial charge in [0.1, 0.15) is 0 Å². The summed E-state index contributed by atoms with van der Waals surface area (Å²) in [5.74, 6) is 0.638. The number of piperazine rings is 1. The predicted molar refractivity (Wildman–Crippen MR) is 104 cm³/mol. The van der Waals surface area contributed by atoms with Crippen LogP contribution in [0.5, 0.6) is 0 Å². The zero-order valence-electron chi connectivity index (χ0n) is 16.2. The molecule has 1 saturated heterocycles. The Balaban J connectivity index is 1.49. The third kappa shape index (κ3) is 4.98. The standard InChI is InChI=1S/C21H33N3O2/c1-17-8-6-7-11-20(17)26-15-12-22-21(25)24-14-13-23(2)16-19(24)18-9-4-3-5-10-18/h3-5,9-10,17,19-20H,6-8,11-16H2,1-2H3,(H,22,25). The monoisotopic (exact) mass is 359 g/mol. The fourth-order valence-electron chi connectivity index (χ4n) is 4.12. The summed E-state index contributed by atoms with van der Waals surface area (Å²) in [6.07, 6.45) is 5.37. The van der Waals surface area contributed by atoms with E-state index in [1.165, 1.54) is 24.8 Å². The summed E-state index contributed by atoms with van der Waals surface area (Å²) >= 11 is 0. The Hall–Kier alpha value is -1.59. The SMILES string of the molecule is CC1CCCCC1OCCNC(=O)N1CCN(C)CC1c1ccccc1. The van der Waals surface area contributed by atoms with Crippen LogP contribution >= 0.6 is 0 Å². The molecule has 0 spiro atoms. The summed E-state index contributed by atoms with van der Waals surface area (Å²) in [5, 5.41) is 3.06. The molecule has 1 aliphatic heterocycles. The largest absolute Gasteiger partial charge is 0.376 e. The Morgan fingerprint density at radius 3 is 2.73 bits per heavy atom. The minimum absolute atomic E-state index is 0.0206. The number of benzene rings is 1. The van der Waals surface area contributed by atoms with Gasteiger partial charge in [0.15, 0.2) is 0 Å². The van der Waals surface area contributed by atoms with Crippen molar-refractivity contribution < 1.29 is 9.53 Å². The lowest BCUT2D eigenvalue weighted by atomic mass is 9.88. The molecule has 0 aromatic heterocycles. The van der Waals surface area contributed by atoms with Crippen LogP contribution in [0.3, 0.4) is 0 Å². The van der Waals surface area contributed by atoms with E-state index in [4.69, 9.17) is 4.74 Å². The first-order chi connectivity index (χ1) is 12.6. The molecule has 2 fully saturated rings. The smallest absolute Gasteiger partial charge is 0.318 e. The highest BCUT2D eigenvalue weighted by molar-refractivity contribution is 5.75. The van der Waals surface area contributed by atoms with Gasteiger partial charge in [-0.2, -0.15) is 0 Å². The molecule has 1 saturated carbocycles. The average Bonchev–Trinajstić information content (AvgIpc) is 2.67. The summed E-state index contributed by atoms with van der Waals surface area (Å²) in [6, 6.07) is 10.4. The van der Waals surface area contributed by atoms with Crippen molar-refractivity contribution in [2.24, 2.45) is 5.92 Å². The molecular formula is C21H33N3O2. The summed E-state index contributed by atoms with van der Waals surface area (Å²) < 4.78 is 6.02. The number of likely N-dealkylation sites (N-methyl/N-ethyl adjacent to an activating group) is 1. The minimum Gasteiger partial charge on any atom is -0.376 e. The van der Waals surface area contributed by atoms with Crippen molar-refractivity contribution in [3.8, 4) is 0 Å². The molecule has 1 aliphatic carbocycles. The van der Waals surface area contributed by atoms with Crippen molar-refractivity contribution in [2.75, 3.05) is 39.8 Å². The second-order valence-electron chi connectivity index (χ2n) is 7.79. The topological polar surface area (TPSA) is 44.8 Å². The fourth-order valence-corrected chi connectivity index (χ4v) is 4.12. The van der Waals surface area contributed by atoms with Crippen LogP contribution in [0.2, 0.25) is 0 Å². The lowest BCUT2D eigenvalue weighted by Crippen LogP contribution is -2.52. The number of nitrogens with one attached hydrogen (secondary N) is 1. The van der Waals surface area contributed by atoms with Crippen molar-refractivity contribution in [2.45, 2.75) is 44.8 Å². The highest BCUT2D eigenvalue weighted by atomic mass is 16.5. The van der Waals surface area contributed by atoms with E-state index in [1.807, 2.05) is 23.1 Å². The van der Waals surface area contributed by atoms with Crippen molar-refractivity contribution in [1.29, 1.82) is 0 Å². The predicted octanol–water partition coefficient (Wildman–Crippen LogP) is 3.28. The Morgan fingerprint density at radius 1 is 1.19 bits per heavy atom. The summed E-state index contributed by atoms with van der Waals surface area (Å²) in [7, 11) is 2.12. The number of carbonyl (C=O) groups excluding carboxylic acids is 1. The van der Waals surface area contributed by atoms with Crippen LogP contribution in [0.15, 0.2) is 30.3 Å². The maximum atomic E-state index is 12.7. The zero-order valence-corrected chi connectivity index (χ0v) is 16.2. The van der Waals surface area contributed by atoms with E-state index in [9.17, 15) is 4.79 Å². The first-order valence-corrected chi connectivity index (χ1v) is 10.0. The van der Waals surface area contributed by atoms with E-state index < -0.39 is 0 Å². The first kappa shape index (κ1) is 19.2. The van der Waals surface area contributed by atoms with Crippen LogP contribution in [0.25, 0.3) is 0 Å². The van der Waals surface area contributed by atoms with E-state index in [-0.39, 0.29) is 12.1 Å². The van der Waals surface area contributed by atoms with Crippen molar-refractivity contribution in [3.05, 3.63) is 35.9 Å². The van der Waals surface area contributed by atoms with E-state index in [0.29, 0.717) is 25.2 Å². The van der Waals surface area contributed by atoms with Gasteiger partial charge < -0.3 is 19.9 Å². The lowest BCUT2D eigenvalue weighted by Gasteiger charge is -2.40. The Labute approximate surface area is 157 Å². The van der Waals surface area contributed by atoms with Gasteiger partial charge in [-0.05, 0) is 31.4 Å². The number of carbonyl (C=O) groups is 1. The number of hydrogen-bond acceptors (Lipinski definition) is 3. The molecular weight excluding hydrogens is 326 g/mol. The Bertz CT molecular complexity index is 566. The first-order valence-electron chi connectivity index (χ1n) is 10.0. The molecule has 1 N–H and O–H groups in total. The molecule has 144 valence electrons. The fraction of sp³-hybridized carbons (Fsp3) is 0.667. The highest BCUT2D eigenvalue weighted by Gasteiger charge is 2.30. The highest BCUT2D eigenvalue weighted by Crippen LogP contribution is 2.26. The number of rotatable bonds is 5. The van der Waals surface area contributed by atoms with E-state index in [2.05, 4.69) is 36.3 Å². The van der Waals surface area contributed by atoms with E-state index in [1.54, 1.807) is 0 Å². The van der Waals surface area contributed by atoms with Crippen LogP contribution in [-0.4, -0.2) is 61.8 Å². The number of amides is 2. The average molecular weight is 360 g/mol. The zero-order chi connectivity index (χ0) is 18.4. The molecule has 3 atom stereocenters. The van der Waals surface area contributed by atoms with Gasteiger partial charge in [-0.1, -0.05) is 50.1 Å². The maximum Gasteiger partial charge on any atom is 0.318 e. The van der Waals surface area contributed by atoms with Gasteiger partial charge in [0.2, 0.25) is 0 Å². The number of ether oxygens (including phenoxy) is 1. The molecule has 3 rings (SSSR count). The molecule has 1 aromatic rings. The van der Waals surface area contributed by atoms with Gasteiger partial charge in [0, 0.05) is 26.2 Å². The van der Waals surface area contributed by atoms with Gasteiger partial charge in [-0.25, -0.2) is 4.79 Å². The molecule has 26 heavy (non-hydrogen) atoms. The Morgan fingerprint density at radius 2 is 1.96 bits per heavy atom. The van der Waals surface area contributed by atoms with Gasteiger partial charge in [-0.3, -0.25) is 0 Å². The quantitative estimate of drug-likeness (QED) is 0.821. The van der Waals surface area contributed by atoms with Crippen LogP contribution in [0.1, 0.15) is 44.2 Å². The van der Waals surface area contributed by atoms with Crippen molar-refractivity contribution in [3.63, 3.8) is 0 Å². The number of nitrogens with zero attached hydrogens (tertiary/aromatic N) is 2. The second-order valence-corrected chi connectivity index (χ2v) is 7.79. The van der Waals surface area contributed by atoms with Crippen LogP contribution in [0.4, 0.5) is 4.79 Å². The summed E-state index contributed by atoms with van der Waals surface area (Å²) in [4.78, 5) is 17.0. The molecule has 2 aliphatic rings. The third-order valence-corrected chi connectivity index (χ3v) is 5.77. The van der Waals surface area contributed by atoms with Gasteiger partial charge in [0.25, 0.3) is 0 Å². The van der Waals surface area contributed by atoms with Gasteiger partial charge >= 0.3 is 6.03 Å². The molecule has 1 aromatic carbocycles. The summed E-state index contributed by atoms with van der Waals surface area (Å²) in [6.45, 7) is 5.99.